The number of nitro benzene ring substituents is 1. The third-order valence-electron chi connectivity index (χ3n) is 5.25. The van der Waals surface area contributed by atoms with Crippen LogP contribution in [-0.4, -0.2) is 37.3 Å². The normalized spacial score (nSPS) is 20.0. The molecular formula is C19H24ClN3O4S. The molecule has 0 saturated carbocycles. The van der Waals surface area contributed by atoms with E-state index in [1.54, 1.807) is 19.9 Å². The van der Waals surface area contributed by atoms with Gasteiger partial charge in [0.25, 0.3) is 5.69 Å². The van der Waals surface area contributed by atoms with Gasteiger partial charge in [0, 0.05) is 30.6 Å². The topological polar surface area (TPSA) is 107 Å². The smallest absolute Gasteiger partial charge is 0.273 e. The molecule has 1 saturated heterocycles. The van der Waals surface area contributed by atoms with Gasteiger partial charge in [-0.15, -0.1) is 12.4 Å². The van der Waals surface area contributed by atoms with Gasteiger partial charge in [0.15, 0.2) is 0 Å². The predicted molar refractivity (Wildman–Crippen MR) is 110 cm³/mol. The molecule has 0 aromatic heterocycles. The Labute approximate surface area is 171 Å². The summed E-state index contributed by atoms with van der Waals surface area (Å²) in [6.07, 6.45) is 0. The summed E-state index contributed by atoms with van der Waals surface area (Å²) in [7, 11) is -3.85. The Morgan fingerprint density at radius 2 is 1.79 bits per heavy atom. The van der Waals surface area contributed by atoms with Crippen LogP contribution in [0.1, 0.15) is 22.6 Å². The van der Waals surface area contributed by atoms with E-state index in [4.69, 9.17) is 5.73 Å². The standard InChI is InChI=1S/C19H23N3O4S.ClH/c1-13-8-14(2)19(9-18(13)22(23)24)27(25,26)21-11-16(10-20)17(12-21)15-6-4-3-5-7-15;/h3-9,16-17H,10-12,20H2,1-2H3;1H/t16-,17+;/m1./s1. The number of hydrogen-bond acceptors (Lipinski definition) is 5. The number of rotatable bonds is 5. The Morgan fingerprint density at radius 1 is 1.14 bits per heavy atom. The van der Waals surface area contributed by atoms with E-state index in [9.17, 15) is 18.5 Å². The van der Waals surface area contributed by atoms with Crippen LogP contribution in [0, 0.1) is 29.9 Å². The molecule has 2 N–H and O–H groups in total. The fourth-order valence-corrected chi connectivity index (χ4v) is 5.53. The number of sulfonamides is 1. The van der Waals surface area contributed by atoms with E-state index >= 15 is 0 Å². The van der Waals surface area contributed by atoms with Crippen molar-refractivity contribution in [1.82, 2.24) is 4.31 Å². The number of nitro groups is 1. The number of nitrogens with zero attached hydrogens (tertiary/aromatic N) is 2. The Morgan fingerprint density at radius 3 is 2.36 bits per heavy atom. The molecule has 1 aliphatic heterocycles. The Balaban J connectivity index is 0.00000280. The van der Waals surface area contributed by atoms with Crippen LogP contribution in [-0.2, 0) is 10.0 Å². The second-order valence-electron chi connectivity index (χ2n) is 7.00. The lowest BCUT2D eigenvalue weighted by atomic mass is 9.89. The SMILES string of the molecule is Cc1cc(C)c(S(=O)(=O)N2C[C@@H](CN)[C@H](c3ccccc3)C2)cc1[N+](=O)[O-].Cl. The van der Waals surface area contributed by atoms with E-state index < -0.39 is 14.9 Å². The van der Waals surface area contributed by atoms with Gasteiger partial charge in [-0.05, 0) is 43.5 Å². The van der Waals surface area contributed by atoms with Crippen LogP contribution in [0.25, 0.3) is 0 Å². The molecule has 0 radical (unpaired) electrons. The first-order valence-electron chi connectivity index (χ1n) is 8.76. The lowest BCUT2D eigenvalue weighted by molar-refractivity contribution is -0.385. The van der Waals surface area contributed by atoms with Crippen LogP contribution < -0.4 is 5.73 Å². The second-order valence-corrected chi connectivity index (χ2v) is 8.90. The zero-order valence-corrected chi connectivity index (χ0v) is 17.4. The number of nitrogens with two attached hydrogens (primary N) is 1. The van der Waals surface area contributed by atoms with E-state index in [0.717, 1.165) is 5.56 Å². The van der Waals surface area contributed by atoms with Crippen LogP contribution in [0.4, 0.5) is 5.69 Å². The van der Waals surface area contributed by atoms with E-state index in [-0.39, 0.29) is 34.8 Å². The van der Waals surface area contributed by atoms with Crippen molar-refractivity contribution in [3.63, 3.8) is 0 Å². The zero-order valence-electron chi connectivity index (χ0n) is 15.7. The number of benzene rings is 2. The highest BCUT2D eigenvalue weighted by molar-refractivity contribution is 7.89. The fourth-order valence-electron chi connectivity index (χ4n) is 3.78. The van der Waals surface area contributed by atoms with Crippen molar-refractivity contribution in [3.05, 3.63) is 69.3 Å². The molecule has 2 aromatic rings. The summed E-state index contributed by atoms with van der Waals surface area (Å²) in [5.41, 5.74) is 7.72. The molecule has 9 heteroatoms. The number of hydrogen-bond donors (Lipinski definition) is 1. The van der Waals surface area contributed by atoms with Gasteiger partial charge in [-0.2, -0.15) is 4.31 Å². The minimum Gasteiger partial charge on any atom is -0.330 e. The summed E-state index contributed by atoms with van der Waals surface area (Å²) >= 11 is 0. The van der Waals surface area contributed by atoms with E-state index in [1.165, 1.54) is 10.4 Å². The predicted octanol–water partition coefficient (Wildman–Crippen LogP) is 3.00. The quantitative estimate of drug-likeness (QED) is 0.585. The summed E-state index contributed by atoms with van der Waals surface area (Å²) in [5.74, 6) is 0.00892. The van der Waals surface area contributed by atoms with Crippen molar-refractivity contribution in [1.29, 1.82) is 0 Å². The molecule has 7 nitrogen and oxygen atoms in total. The van der Waals surface area contributed by atoms with Gasteiger partial charge in [-0.3, -0.25) is 10.1 Å². The summed E-state index contributed by atoms with van der Waals surface area (Å²) in [6, 6.07) is 12.4. The van der Waals surface area contributed by atoms with Crippen LogP contribution in [0.15, 0.2) is 47.4 Å². The maximum atomic E-state index is 13.2. The molecule has 2 atom stereocenters. The van der Waals surface area contributed by atoms with Crippen LogP contribution in [0.5, 0.6) is 0 Å². The van der Waals surface area contributed by atoms with E-state index in [2.05, 4.69) is 0 Å². The number of aryl methyl sites for hydroxylation is 2. The molecule has 1 heterocycles. The van der Waals surface area contributed by atoms with Crippen molar-refractivity contribution in [2.45, 2.75) is 24.7 Å². The first-order valence-corrected chi connectivity index (χ1v) is 10.2. The van der Waals surface area contributed by atoms with Crippen LogP contribution in [0.3, 0.4) is 0 Å². The van der Waals surface area contributed by atoms with Crippen LogP contribution in [0.2, 0.25) is 0 Å². The minimum absolute atomic E-state index is 0. The molecule has 28 heavy (non-hydrogen) atoms. The third-order valence-corrected chi connectivity index (χ3v) is 7.22. The highest BCUT2D eigenvalue weighted by atomic mass is 35.5. The zero-order chi connectivity index (χ0) is 19.8. The third kappa shape index (κ3) is 4.05. The molecule has 2 aromatic carbocycles. The first-order chi connectivity index (χ1) is 12.8. The van der Waals surface area contributed by atoms with Gasteiger partial charge < -0.3 is 5.73 Å². The summed E-state index contributed by atoms with van der Waals surface area (Å²) in [5, 5.41) is 11.2. The first kappa shape index (κ1) is 22.3. The van der Waals surface area contributed by atoms with Gasteiger partial charge in [0.05, 0.1) is 9.82 Å². The minimum atomic E-state index is -3.85. The van der Waals surface area contributed by atoms with Crippen molar-refractivity contribution in [2.24, 2.45) is 11.7 Å². The van der Waals surface area contributed by atoms with Gasteiger partial charge in [0.1, 0.15) is 0 Å². The van der Waals surface area contributed by atoms with Crippen molar-refractivity contribution >= 4 is 28.1 Å². The molecule has 1 aliphatic rings. The average molecular weight is 426 g/mol. The summed E-state index contributed by atoms with van der Waals surface area (Å²) in [6.45, 7) is 4.26. The van der Waals surface area contributed by atoms with Crippen LogP contribution >= 0.6 is 12.4 Å². The van der Waals surface area contributed by atoms with Crippen molar-refractivity contribution < 1.29 is 13.3 Å². The van der Waals surface area contributed by atoms with Crippen molar-refractivity contribution in [3.8, 4) is 0 Å². The molecule has 1 fully saturated rings. The molecule has 0 amide bonds. The summed E-state index contributed by atoms with van der Waals surface area (Å²) in [4.78, 5) is 10.7. The molecule has 0 unspecified atom stereocenters. The summed E-state index contributed by atoms with van der Waals surface area (Å²) < 4.78 is 27.9. The second kappa shape index (κ2) is 8.57. The average Bonchev–Trinajstić information content (AvgIpc) is 3.07. The number of halogens is 1. The Kier molecular flexibility index (Phi) is 6.82. The lowest BCUT2D eigenvalue weighted by Crippen LogP contribution is -2.30. The maximum absolute atomic E-state index is 13.2. The molecule has 0 aliphatic carbocycles. The molecule has 0 bridgehead atoms. The van der Waals surface area contributed by atoms with E-state index in [0.29, 0.717) is 30.8 Å². The molecular weight excluding hydrogens is 402 g/mol. The Bertz CT molecular complexity index is 967. The maximum Gasteiger partial charge on any atom is 0.273 e. The molecule has 0 spiro atoms. The highest BCUT2D eigenvalue weighted by Gasteiger charge is 2.40. The Hall–Kier alpha value is -2.00. The molecule has 152 valence electrons. The largest absolute Gasteiger partial charge is 0.330 e. The van der Waals surface area contributed by atoms with Gasteiger partial charge >= 0.3 is 0 Å². The van der Waals surface area contributed by atoms with Gasteiger partial charge in [-0.1, -0.05) is 30.3 Å². The lowest BCUT2D eigenvalue weighted by Gasteiger charge is -2.18. The highest BCUT2D eigenvalue weighted by Crippen LogP contribution is 2.36. The fraction of sp³-hybridized carbons (Fsp3) is 0.368. The monoisotopic (exact) mass is 425 g/mol. The van der Waals surface area contributed by atoms with Gasteiger partial charge in [-0.25, -0.2) is 8.42 Å². The van der Waals surface area contributed by atoms with E-state index in [1.807, 2.05) is 30.3 Å². The van der Waals surface area contributed by atoms with Crippen molar-refractivity contribution in [2.75, 3.05) is 19.6 Å². The molecule has 3 rings (SSSR count). The van der Waals surface area contributed by atoms with Gasteiger partial charge in [0.2, 0.25) is 10.0 Å².